The van der Waals surface area contributed by atoms with E-state index in [0.717, 1.165) is 33.8 Å². The van der Waals surface area contributed by atoms with Gasteiger partial charge in [-0.15, -0.1) is 0 Å². The van der Waals surface area contributed by atoms with Gasteiger partial charge >= 0.3 is 0 Å². The lowest BCUT2D eigenvalue weighted by molar-refractivity contribution is 0.105. The molecule has 0 N–H and O–H groups in total. The second-order valence-corrected chi connectivity index (χ2v) is 7.32. The Balaban J connectivity index is 1.80. The number of benzene rings is 4. The zero-order chi connectivity index (χ0) is 21.0. The highest BCUT2D eigenvalue weighted by molar-refractivity contribution is 6.36. The van der Waals surface area contributed by atoms with Crippen LogP contribution in [0.25, 0.3) is 16.9 Å². The van der Waals surface area contributed by atoms with Crippen LogP contribution in [0.3, 0.4) is 0 Å². The standard InChI is InChI=1S/C29H20O2/c30-29(23-16-8-3-9-17-23)28(22-14-6-2-7-15-22)25-20-27(21-12-4-1-5-13-21)31-26-19-11-10-18-24(25)26/h1-20H/b28-25+. The first-order chi connectivity index (χ1) is 15.3. The molecule has 0 aliphatic carbocycles. The number of carbonyl (C=O) groups excluding carboxylic acids is 1. The summed E-state index contributed by atoms with van der Waals surface area (Å²) in [5.74, 6) is 1.46. The number of para-hydroxylation sites is 1. The summed E-state index contributed by atoms with van der Waals surface area (Å²) in [5, 5.41) is 0. The predicted molar refractivity (Wildman–Crippen MR) is 126 cm³/mol. The van der Waals surface area contributed by atoms with Crippen molar-refractivity contribution in [3.63, 3.8) is 0 Å². The summed E-state index contributed by atoms with van der Waals surface area (Å²) >= 11 is 0. The van der Waals surface area contributed by atoms with E-state index in [2.05, 4.69) is 0 Å². The number of carbonyl (C=O) groups is 1. The first-order valence-corrected chi connectivity index (χ1v) is 10.2. The van der Waals surface area contributed by atoms with Crippen molar-refractivity contribution < 1.29 is 9.53 Å². The van der Waals surface area contributed by atoms with Gasteiger partial charge in [-0.05, 0) is 17.7 Å². The van der Waals surface area contributed by atoms with E-state index >= 15 is 0 Å². The van der Waals surface area contributed by atoms with Crippen LogP contribution in [-0.2, 0) is 0 Å². The van der Waals surface area contributed by atoms with Crippen molar-refractivity contribution in [3.05, 3.63) is 144 Å². The number of allylic oxidation sites excluding steroid dienone is 3. The van der Waals surface area contributed by atoms with Crippen LogP contribution in [0, 0.1) is 0 Å². The maximum absolute atomic E-state index is 13.8. The normalized spacial score (nSPS) is 14.1. The Kier molecular flexibility index (Phi) is 5.04. The number of ether oxygens (including phenoxy) is 1. The van der Waals surface area contributed by atoms with Gasteiger partial charge in [0.2, 0.25) is 0 Å². The molecule has 0 atom stereocenters. The fourth-order valence-electron chi connectivity index (χ4n) is 3.83. The number of ketones is 1. The van der Waals surface area contributed by atoms with E-state index in [9.17, 15) is 4.79 Å². The predicted octanol–water partition coefficient (Wildman–Crippen LogP) is 6.91. The molecule has 31 heavy (non-hydrogen) atoms. The molecule has 148 valence electrons. The second-order valence-electron chi connectivity index (χ2n) is 7.32. The van der Waals surface area contributed by atoms with Crippen LogP contribution in [0.15, 0.2) is 121 Å². The van der Waals surface area contributed by atoms with Gasteiger partial charge in [0.15, 0.2) is 5.78 Å². The fraction of sp³-hybridized carbons (Fsp3) is 0. The summed E-state index contributed by atoms with van der Waals surface area (Å²) in [6.07, 6.45) is 1.99. The number of rotatable bonds is 4. The largest absolute Gasteiger partial charge is 0.456 e. The molecule has 4 aromatic rings. The summed E-state index contributed by atoms with van der Waals surface area (Å²) in [6, 6.07) is 37.1. The van der Waals surface area contributed by atoms with Crippen LogP contribution >= 0.6 is 0 Å². The lowest BCUT2D eigenvalue weighted by Crippen LogP contribution is -2.09. The molecule has 0 aromatic heterocycles. The topological polar surface area (TPSA) is 26.3 Å². The highest BCUT2D eigenvalue weighted by atomic mass is 16.5. The molecular weight excluding hydrogens is 380 g/mol. The lowest BCUT2D eigenvalue weighted by Gasteiger charge is -2.23. The van der Waals surface area contributed by atoms with E-state index < -0.39 is 0 Å². The molecule has 0 saturated carbocycles. The first kappa shape index (κ1) is 18.8. The molecule has 0 radical (unpaired) electrons. The molecule has 2 heteroatoms. The van der Waals surface area contributed by atoms with Gasteiger partial charge in [-0.1, -0.05) is 109 Å². The zero-order valence-corrected chi connectivity index (χ0v) is 16.9. The second kappa shape index (κ2) is 8.29. The van der Waals surface area contributed by atoms with Gasteiger partial charge in [-0.3, -0.25) is 4.79 Å². The summed E-state index contributed by atoms with van der Waals surface area (Å²) in [4.78, 5) is 13.8. The summed E-state index contributed by atoms with van der Waals surface area (Å²) in [7, 11) is 0. The van der Waals surface area contributed by atoms with Crippen LogP contribution in [0.2, 0.25) is 0 Å². The minimum Gasteiger partial charge on any atom is -0.456 e. The van der Waals surface area contributed by atoms with Crippen molar-refractivity contribution in [1.82, 2.24) is 0 Å². The van der Waals surface area contributed by atoms with Gasteiger partial charge in [0.25, 0.3) is 0 Å². The average Bonchev–Trinajstić information content (AvgIpc) is 2.86. The molecule has 0 bridgehead atoms. The third-order valence-electron chi connectivity index (χ3n) is 5.33. The van der Waals surface area contributed by atoms with Crippen LogP contribution in [0.1, 0.15) is 27.0 Å². The average molecular weight is 400 g/mol. The van der Waals surface area contributed by atoms with E-state index in [-0.39, 0.29) is 5.78 Å². The SMILES string of the molecule is O=C(/C(=C1\C=C(c2ccccc2)Oc2ccccc21)c1ccccc1)c1ccccc1. The van der Waals surface area contributed by atoms with Crippen molar-refractivity contribution in [1.29, 1.82) is 0 Å². The van der Waals surface area contributed by atoms with Crippen molar-refractivity contribution in [3.8, 4) is 5.75 Å². The first-order valence-electron chi connectivity index (χ1n) is 10.2. The maximum atomic E-state index is 13.8. The highest BCUT2D eigenvalue weighted by Gasteiger charge is 2.25. The molecular formula is C29H20O2. The van der Waals surface area contributed by atoms with Gasteiger partial charge in [0.05, 0.1) is 0 Å². The van der Waals surface area contributed by atoms with E-state index in [1.54, 1.807) is 0 Å². The Labute approximate surface area is 181 Å². The monoisotopic (exact) mass is 400 g/mol. The van der Waals surface area contributed by atoms with Crippen molar-refractivity contribution in [2.75, 3.05) is 0 Å². The van der Waals surface area contributed by atoms with Crippen molar-refractivity contribution in [2.45, 2.75) is 0 Å². The Bertz CT molecular complexity index is 1280. The van der Waals surface area contributed by atoms with Gasteiger partial charge in [0, 0.05) is 27.8 Å². The molecule has 1 heterocycles. The smallest absolute Gasteiger partial charge is 0.194 e. The van der Waals surface area contributed by atoms with Crippen molar-refractivity contribution in [2.24, 2.45) is 0 Å². The number of Topliss-reactive ketones (excluding diaryl/α,β-unsaturated/α-hetero) is 1. The van der Waals surface area contributed by atoms with Crippen LogP contribution in [-0.4, -0.2) is 5.78 Å². The highest BCUT2D eigenvalue weighted by Crippen LogP contribution is 2.41. The minimum absolute atomic E-state index is 0.0119. The Morgan fingerprint density at radius 1 is 0.581 bits per heavy atom. The van der Waals surface area contributed by atoms with E-state index in [0.29, 0.717) is 11.1 Å². The Morgan fingerprint density at radius 3 is 1.81 bits per heavy atom. The molecule has 0 saturated heterocycles. The molecule has 0 unspecified atom stereocenters. The summed E-state index contributed by atoms with van der Waals surface area (Å²) < 4.78 is 6.24. The molecule has 0 amide bonds. The third kappa shape index (κ3) is 3.72. The van der Waals surface area contributed by atoms with E-state index in [1.165, 1.54) is 0 Å². The van der Waals surface area contributed by atoms with Crippen molar-refractivity contribution >= 4 is 22.7 Å². The summed E-state index contributed by atoms with van der Waals surface area (Å²) in [6.45, 7) is 0. The molecule has 0 spiro atoms. The maximum Gasteiger partial charge on any atom is 0.194 e. The van der Waals surface area contributed by atoms with Gasteiger partial charge in [-0.25, -0.2) is 0 Å². The number of hydrogen-bond donors (Lipinski definition) is 0. The van der Waals surface area contributed by atoms with E-state index in [4.69, 9.17) is 4.74 Å². The van der Waals surface area contributed by atoms with E-state index in [1.807, 2.05) is 121 Å². The van der Waals surface area contributed by atoms with Crippen LogP contribution in [0.5, 0.6) is 5.75 Å². The zero-order valence-electron chi connectivity index (χ0n) is 16.9. The van der Waals surface area contributed by atoms with Crippen LogP contribution < -0.4 is 4.74 Å². The molecule has 1 aliphatic rings. The Hall–Kier alpha value is -4.17. The molecule has 5 rings (SSSR count). The Morgan fingerprint density at radius 2 is 1.13 bits per heavy atom. The van der Waals surface area contributed by atoms with Gasteiger partial charge < -0.3 is 4.74 Å². The molecule has 4 aromatic carbocycles. The quantitative estimate of drug-likeness (QED) is 0.275. The molecule has 0 fully saturated rings. The van der Waals surface area contributed by atoms with Gasteiger partial charge in [0.1, 0.15) is 11.5 Å². The summed E-state index contributed by atoms with van der Waals surface area (Å²) in [5.41, 5.74) is 4.94. The molecule has 2 nitrogen and oxygen atoms in total. The third-order valence-corrected chi connectivity index (χ3v) is 5.33. The van der Waals surface area contributed by atoms with Crippen LogP contribution in [0.4, 0.5) is 0 Å². The number of fused-ring (bicyclic) bond motifs is 1. The molecule has 1 aliphatic heterocycles. The minimum atomic E-state index is -0.0119. The number of hydrogen-bond acceptors (Lipinski definition) is 2. The fourth-order valence-corrected chi connectivity index (χ4v) is 3.83. The van der Waals surface area contributed by atoms with Gasteiger partial charge in [-0.2, -0.15) is 0 Å². The lowest BCUT2D eigenvalue weighted by atomic mass is 9.87.